The Kier molecular flexibility index (Phi) is 6.61. The maximum atomic E-state index is 13.1. The van der Waals surface area contributed by atoms with Crippen LogP contribution in [-0.4, -0.2) is 23.9 Å². The molecule has 3 rings (SSSR count). The largest absolute Gasteiger partial charge is 0.416 e. The third-order valence-corrected chi connectivity index (χ3v) is 5.87. The molecule has 26 heavy (non-hydrogen) atoms. The van der Waals surface area contributed by atoms with E-state index >= 15 is 0 Å². The summed E-state index contributed by atoms with van der Waals surface area (Å²) in [5, 5.41) is 0. The molecule has 2 atom stereocenters. The monoisotopic (exact) mass is 390 g/mol. The van der Waals surface area contributed by atoms with Gasteiger partial charge in [-0.15, -0.1) is 12.4 Å². The second kappa shape index (κ2) is 8.17. The molecule has 2 fully saturated rings. The molecule has 2 aliphatic rings. The van der Waals surface area contributed by atoms with Crippen LogP contribution in [0.25, 0.3) is 0 Å². The number of carbonyl (C=O) groups excluding carboxylic acids is 1. The minimum atomic E-state index is -4.41. The summed E-state index contributed by atoms with van der Waals surface area (Å²) in [4.78, 5) is 14.3. The van der Waals surface area contributed by atoms with Gasteiger partial charge in [0.1, 0.15) is 0 Å². The van der Waals surface area contributed by atoms with E-state index in [1.165, 1.54) is 23.5 Å². The van der Waals surface area contributed by atoms with Crippen LogP contribution in [0, 0.1) is 17.8 Å². The number of amides is 1. The lowest BCUT2D eigenvalue weighted by atomic mass is 9.65. The molecule has 0 aromatic heterocycles. The van der Waals surface area contributed by atoms with Crippen LogP contribution in [0.3, 0.4) is 0 Å². The van der Waals surface area contributed by atoms with Gasteiger partial charge < -0.3 is 10.6 Å². The first-order valence-corrected chi connectivity index (χ1v) is 8.93. The highest BCUT2D eigenvalue weighted by Crippen LogP contribution is 2.42. The average Bonchev–Trinajstić information content (AvgIpc) is 2.53. The van der Waals surface area contributed by atoms with E-state index in [4.69, 9.17) is 5.73 Å². The molecule has 146 valence electrons. The van der Waals surface area contributed by atoms with Crippen LogP contribution in [0.15, 0.2) is 24.3 Å². The second-order valence-corrected chi connectivity index (χ2v) is 7.55. The number of hydrogen-bond donors (Lipinski definition) is 1. The molecule has 0 radical (unpaired) electrons. The van der Waals surface area contributed by atoms with Gasteiger partial charge >= 0.3 is 6.18 Å². The van der Waals surface area contributed by atoms with Crippen molar-refractivity contribution in [2.75, 3.05) is 7.05 Å². The molecule has 2 aliphatic carbocycles. The second-order valence-electron chi connectivity index (χ2n) is 7.55. The minimum absolute atomic E-state index is 0. The first-order chi connectivity index (χ1) is 11.8. The van der Waals surface area contributed by atoms with Gasteiger partial charge in [0.15, 0.2) is 0 Å². The summed E-state index contributed by atoms with van der Waals surface area (Å²) in [6.45, 7) is -0.0214. The zero-order chi connectivity index (χ0) is 18.2. The van der Waals surface area contributed by atoms with Gasteiger partial charge in [0.2, 0.25) is 5.91 Å². The predicted molar refractivity (Wildman–Crippen MR) is 96.7 cm³/mol. The van der Waals surface area contributed by atoms with E-state index in [0.29, 0.717) is 11.8 Å². The Bertz CT molecular complexity index is 623. The van der Waals surface area contributed by atoms with Crippen molar-refractivity contribution in [1.29, 1.82) is 0 Å². The number of nitrogens with two attached hydrogens (primary N) is 1. The molecule has 2 saturated carbocycles. The summed E-state index contributed by atoms with van der Waals surface area (Å²) in [5.74, 6) is 0.577. The average molecular weight is 391 g/mol. The highest BCUT2D eigenvalue weighted by atomic mass is 35.5. The topological polar surface area (TPSA) is 46.3 Å². The first kappa shape index (κ1) is 21.0. The summed E-state index contributed by atoms with van der Waals surface area (Å²) < 4.78 is 39.4. The fourth-order valence-corrected chi connectivity index (χ4v) is 4.57. The molecule has 0 saturated heterocycles. The van der Waals surface area contributed by atoms with Gasteiger partial charge in [0, 0.05) is 25.6 Å². The summed E-state index contributed by atoms with van der Waals surface area (Å²) in [6, 6.07) is 5.63. The maximum Gasteiger partial charge on any atom is 0.416 e. The Morgan fingerprint density at radius 2 is 1.77 bits per heavy atom. The molecule has 1 amide bonds. The van der Waals surface area contributed by atoms with E-state index in [1.54, 1.807) is 13.1 Å². The van der Waals surface area contributed by atoms with Crippen LogP contribution in [0.1, 0.15) is 43.2 Å². The van der Waals surface area contributed by atoms with Gasteiger partial charge in [-0.3, -0.25) is 4.79 Å². The number of benzene rings is 1. The van der Waals surface area contributed by atoms with Crippen molar-refractivity contribution in [3.05, 3.63) is 35.4 Å². The van der Waals surface area contributed by atoms with Crippen molar-refractivity contribution in [2.45, 2.75) is 50.9 Å². The molecule has 1 aromatic carbocycles. The highest BCUT2D eigenvalue weighted by Gasteiger charge is 2.41. The fourth-order valence-electron chi connectivity index (χ4n) is 4.57. The van der Waals surface area contributed by atoms with E-state index in [0.717, 1.165) is 31.7 Å². The first-order valence-electron chi connectivity index (χ1n) is 8.93. The Labute approximate surface area is 158 Å². The summed E-state index contributed by atoms with van der Waals surface area (Å²) in [5.41, 5.74) is 5.73. The van der Waals surface area contributed by atoms with Gasteiger partial charge in [0.05, 0.1) is 5.56 Å². The van der Waals surface area contributed by atoms with Crippen LogP contribution in [-0.2, 0) is 17.5 Å². The molecule has 2 unspecified atom stereocenters. The van der Waals surface area contributed by atoms with Crippen molar-refractivity contribution in [3.8, 4) is 0 Å². The molecule has 7 heteroatoms. The lowest BCUT2D eigenvalue weighted by Crippen LogP contribution is -2.49. The van der Waals surface area contributed by atoms with Crippen molar-refractivity contribution in [2.24, 2.45) is 23.5 Å². The Hall–Kier alpha value is -1.27. The Balaban J connectivity index is 0.00000243. The van der Waals surface area contributed by atoms with Crippen LogP contribution < -0.4 is 5.73 Å². The number of rotatable bonds is 3. The number of hydrogen-bond acceptors (Lipinski definition) is 2. The normalized spacial score (nSPS) is 28.2. The van der Waals surface area contributed by atoms with Gasteiger partial charge in [-0.2, -0.15) is 13.2 Å². The SMILES string of the molecule is CN(Cc1ccccc1C(F)(F)F)C(=O)C1CC2CCCC(C1)C2N.Cl. The van der Waals surface area contributed by atoms with Crippen molar-refractivity contribution in [3.63, 3.8) is 0 Å². The lowest BCUT2D eigenvalue weighted by molar-refractivity contribution is -0.141. The van der Waals surface area contributed by atoms with E-state index in [9.17, 15) is 18.0 Å². The van der Waals surface area contributed by atoms with Crippen molar-refractivity contribution >= 4 is 18.3 Å². The van der Waals surface area contributed by atoms with E-state index < -0.39 is 11.7 Å². The van der Waals surface area contributed by atoms with Crippen LogP contribution in [0.4, 0.5) is 13.2 Å². The van der Waals surface area contributed by atoms with Gasteiger partial charge in [0.25, 0.3) is 0 Å². The van der Waals surface area contributed by atoms with Gasteiger partial charge in [-0.05, 0) is 49.1 Å². The third-order valence-electron chi connectivity index (χ3n) is 5.87. The predicted octanol–water partition coefficient (Wildman–Crippen LogP) is 4.24. The molecule has 0 aliphatic heterocycles. The standard InChI is InChI=1S/C19H25F3N2O.ClH/c1-24(11-14-5-2-3-8-16(14)19(20,21)22)18(25)15-9-12-6-4-7-13(10-15)17(12)23;/h2-3,5,8,12-13,15,17H,4,6-7,9-11,23H2,1H3;1H. The third kappa shape index (κ3) is 4.34. The van der Waals surface area contributed by atoms with Gasteiger partial charge in [-0.25, -0.2) is 0 Å². The van der Waals surface area contributed by atoms with Crippen molar-refractivity contribution < 1.29 is 18.0 Å². The number of halogens is 4. The summed E-state index contributed by atoms with van der Waals surface area (Å²) in [6.07, 6.45) is 0.404. The van der Waals surface area contributed by atoms with Crippen LogP contribution >= 0.6 is 12.4 Å². The van der Waals surface area contributed by atoms with E-state index in [-0.39, 0.29) is 42.4 Å². The number of carbonyl (C=O) groups is 1. The Morgan fingerprint density at radius 3 is 2.35 bits per heavy atom. The van der Waals surface area contributed by atoms with Crippen molar-refractivity contribution in [1.82, 2.24) is 4.90 Å². The number of alkyl halides is 3. The zero-order valence-corrected chi connectivity index (χ0v) is 15.7. The van der Waals surface area contributed by atoms with Crippen LogP contribution in [0.2, 0.25) is 0 Å². The number of nitrogens with zero attached hydrogens (tertiary/aromatic N) is 1. The maximum absolute atomic E-state index is 13.1. The molecule has 1 aromatic rings. The van der Waals surface area contributed by atoms with Gasteiger partial charge in [-0.1, -0.05) is 24.6 Å². The molecular weight excluding hydrogens is 365 g/mol. The molecule has 3 nitrogen and oxygen atoms in total. The molecule has 0 heterocycles. The molecule has 2 N–H and O–H groups in total. The molecule has 2 bridgehead atoms. The van der Waals surface area contributed by atoms with E-state index in [1.807, 2.05) is 0 Å². The smallest absolute Gasteiger partial charge is 0.341 e. The fraction of sp³-hybridized carbons (Fsp3) is 0.632. The zero-order valence-electron chi connectivity index (χ0n) is 14.8. The summed E-state index contributed by atoms with van der Waals surface area (Å²) >= 11 is 0. The van der Waals surface area contributed by atoms with E-state index in [2.05, 4.69) is 0 Å². The molecule has 0 spiro atoms. The highest BCUT2D eigenvalue weighted by molar-refractivity contribution is 5.85. The Morgan fingerprint density at radius 1 is 1.19 bits per heavy atom. The molecular formula is C19H26ClF3N2O. The van der Waals surface area contributed by atoms with Crippen LogP contribution in [0.5, 0.6) is 0 Å². The number of fused-ring (bicyclic) bond motifs is 2. The quantitative estimate of drug-likeness (QED) is 0.839. The summed E-state index contributed by atoms with van der Waals surface area (Å²) in [7, 11) is 1.60. The minimum Gasteiger partial charge on any atom is -0.341 e. The lowest BCUT2D eigenvalue weighted by Gasteiger charge is -2.44.